The minimum Gasteiger partial charge on any atom is -0.378 e. The van der Waals surface area contributed by atoms with E-state index >= 15 is 0 Å². The molecular weight excluding hydrogens is 228 g/mol. The summed E-state index contributed by atoms with van der Waals surface area (Å²) in [6, 6.07) is 3.89. The molecule has 1 N–H and O–H groups in total. The highest BCUT2D eigenvalue weighted by Crippen LogP contribution is 2.43. The first-order valence-corrected chi connectivity index (χ1v) is 6.19. The molecule has 1 aliphatic rings. The first-order valence-electron chi connectivity index (χ1n) is 6.19. The van der Waals surface area contributed by atoms with E-state index in [2.05, 4.69) is 29.1 Å². The van der Waals surface area contributed by atoms with E-state index in [4.69, 9.17) is 10.00 Å². The second-order valence-electron chi connectivity index (χ2n) is 5.08. The molecule has 0 radical (unpaired) electrons. The van der Waals surface area contributed by atoms with Gasteiger partial charge in [0.25, 0.3) is 0 Å². The predicted molar refractivity (Wildman–Crippen MR) is 68.0 cm³/mol. The van der Waals surface area contributed by atoms with Gasteiger partial charge in [-0.1, -0.05) is 13.8 Å². The minimum absolute atomic E-state index is 0.0576. The van der Waals surface area contributed by atoms with Crippen LogP contribution in [0.25, 0.3) is 0 Å². The fraction of sp³-hybridized carbons (Fsp3) is 0.615. The van der Waals surface area contributed by atoms with Crippen LogP contribution in [0.5, 0.6) is 0 Å². The molecule has 1 fully saturated rings. The summed E-state index contributed by atoms with van der Waals surface area (Å²) >= 11 is 0. The van der Waals surface area contributed by atoms with Crippen LogP contribution in [-0.2, 0) is 4.74 Å². The van der Waals surface area contributed by atoms with E-state index in [0.717, 1.165) is 13.0 Å². The number of nitrogens with one attached hydrogen (secondary N) is 1. The van der Waals surface area contributed by atoms with E-state index in [9.17, 15) is 0 Å². The molecule has 2 rings (SSSR count). The predicted octanol–water partition coefficient (Wildman–Crippen LogP) is 1.96. The summed E-state index contributed by atoms with van der Waals surface area (Å²) in [5.74, 6) is 0.516. The molecule has 0 saturated heterocycles. The Morgan fingerprint density at radius 3 is 3.00 bits per heavy atom. The van der Waals surface area contributed by atoms with Crippen LogP contribution < -0.4 is 5.32 Å². The minimum atomic E-state index is 0.0576. The Labute approximate surface area is 107 Å². The number of aromatic nitrogens is 2. The molecule has 96 valence electrons. The Bertz CT molecular complexity index is 466. The van der Waals surface area contributed by atoms with E-state index in [1.165, 1.54) is 0 Å². The molecule has 0 bridgehead atoms. The van der Waals surface area contributed by atoms with Crippen LogP contribution in [-0.4, -0.2) is 28.7 Å². The molecule has 2 unspecified atom stereocenters. The third-order valence-corrected chi connectivity index (χ3v) is 3.62. The molecule has 1 saturated carbocycles. The van der Waals surface area contributed by atoms with Crippen molar-refractivity contribution in [1.29, 1.82) is 5.26 Å². The molecule has 5 heteroatoms. The van der Waals surface area contributed by atoms with Gasteiger partial charge in [0.15, 0.2) is 0 Å². The quantitative estimate of drug-likeness (QED) is 0.879. The van der Waals surface area contributed by atoms with Crippen molar-refractivity contribution in [2.75, 3.05) is 11.9 Å². The van der Waals surface area contributed by atoms with Crippen LogP contribution >= 0.6 is 0 Å². The Morgan fingerprint density at radius 1 is 1.61 bits per heavy atom. The van der Waals surface area contributed by atoms with Crippen LogP contribution in [0.3, 0.4) is 0 Å². The number of rotatable bonds is 4. The van der Waals surface area contributed by atoms with Crippen LogP contribution in [0.4, 0.5) is 5.95 Å². The summed E-state index contributed by atoms with van der Waals surface area (Å²) < 4.78 is 5.67. The number of nitrogens with zero attached hydrogens (tertiary/aromatic N) is 3. The average molecular weight is 246 g/mol. The van der Waals surface area contributed by atoms with E-state index in [0.29, 0.717) is 11.6 Å². The summed E-state index contributed by atoms with van der Waals surface area (Å²) in [7, 11) is 0. The Balaban J connectivity index is 2.01. The highest BCUT2D eigenvalue weighted by atomic mass is 16.5. The SMILES string of the molecule is CCOC1CC(Nc2nccc(C#N)n2)C1(C)C. The zero-order valence-corrected chi connectivity index (χ0v) is 11.0. The molecule has 1 aromatic rings. The average Bonchev–Trinajstić information content (AvgIpc) is 2.38. The van der Waals surface area contributed by atoms with Crippen LogP contribution in [0, 0.1) is 16.7 Å². The molecule has 0 spiro atoms. The summed E-state index contributed by atoms with van der Waals surface area (Å²) in [5, 5.41) is 12.1. The summed E-state index contributed by atoms with van der Waals surface area (Å²) in [6.45, 7) is 7.09. The highest BCUT2D eigenvalue weighted by Gasteiger charge is 2.49. The summed E-state index contributed by atoms with van der Waals surface area (Å²) in [4.78, 5) is 8.26. The van der Waals surface area contributed by atoms with Gasteiger partial charge in [0, 0.05) is 24.3 Å². The standard InChI is InChI=1S/C13H18N4O/c1-4-18-11-7-10(13(11,2)3)17-12-15-6-5-9(8-14)16-12/h5-6,10-11H,4,7H2,1-3H3,(H,15,16,17). The van der Waals surface area contributed by atoms with Crippen molar-refractivity contribution in [1.82, 2.24) is 9.97 Å². The van der Waals surface area contributed by atoms with Gasteiger partial charge in [0.2, 0.25) is 5.95 Å². The fourth-order valence-corrected chi connectivity index (χ4v) is 2.26. The van der Waals surface area contributed by atoms with Gasteiger partial charge in [-0.3, -0.25) is 0 Å². The van der Waals surface area contributed by atoms with Crippen molar-refractivity contribution in [3.63, 3.8) is 0 Å². The van der Waals surface area contributed by atoms with Gasteiger partial charge >= 0.3 is 0 Å². The molecule has 0 amide bonds. The van der Waals surface area contributed by atoms with Gasteiger partial charge < -0.3 is 10.1 Å². The maximum atomic E-state index is 8.79. The third-order valence-electron chi connectivity index (χ3n) is 3.62. The molecule has 1 aliphatic carbocycles. The van der Waals surface area contributed by atoms with Crippen molar-refractivity contribution in [2.24, 2.45) is 5.41 Å². The molecule has 2 atom stereocenters. The van der Waals surface area contributed by atoms with Crippen LogP contribution in [0.2, 0.25) is 0 Å². The zero-order chi connectivity index (χ0) is 13.2. The Morgan fingerprint density at radius 2 is 2.39 bits per heavy atom. The van der Waals surface area contributed by atoms with Crippen LogP contribution in [0.1, 0.15) is 32.9 Å². The maximum Gasteiger partial charge on any atom is 0.224 e. The lowest BCUT2D eigenvalue weighted by Gasteiger charge is -2.51. The largest absolute Gasteiger partial charge is 0.378 e. The third kappa shape index (κ3) is 2.29. The number of hydrogen-bond acceptors (Lipinski definition) is 5. The van der Waals surface area contributed by atoms with Gasteiger partial charge in [0.1, 0.15) is 11.8 Å². The number of ether oxygens (including phenoxy) is 1. The van der Waals surface area contributed by atoms with Crippen LogP contribution in [0.15, 0.2) is 12.3 Å². The molecule has 0 aliphatic heterocycles. The molecular formula is C13H18N4O. The lowest BCUT2D eigenvalue weighted by atomic mass is 9.64. The van der Waals surface area contributed by atoms with Crippen molar-refractivity contribution in [3.8, 4) is 6.07 Å². The van der Waals surface area contributed by atoms with Gasteiger partial charge in [-0.2, -0.15) is 5.26 Å². The molecule has 1 aromatic heterocycles. The topological polar surface area (TPSA) is 70.8 Å². The molecule has 1 heterocycles. The van der Waals surface area contributed by atoms with Gasteiger partial charge in [0.05, 0.1) is 6.10 Å². The monoisotopic (exact) mass is 246 g/mol. The first-order chi connectivity index (χ1) is 8.57. The Hall–Kier alpha value is -1.67. The lowest BCUT2D eigenvalue weighted by Crippen LogP contribution is -2.58. The molecule has 0 aromatic carbocycles. The maximum absolute atomic E-state index is 8.79. The number of anilines is 1. The smallest absolute Gasteiger partial charge is 0.224 e. The number of hydrogen-bond donors (Lipinski definition) is 1. The van der Waals surface area contributed by atoms with E-state index < -0.39 is 0 Å². The van der Waals surface area contributed by atoms with E-state index in [1.54, 1.807) is 12.3 Å². The number of nitriles is 1. The molecule has 5 nitrogen and oxygen atoms in total. The molecule has 18 heavy (non-hydrogen) atoms. The van der Waals surface area contributed by atoms with Crippen molar-refractivity contribution in [2.45, 2.75) is 39.3 Å². The van der Waals surface area contributed by atoms with E-state index in [1.807, 2.05) is 13.0 Å². The summed E-state index contributed by atoms with van der Waals surface area (Å²) in [5.41, 5.74) is 0.438. The van der Waals surface area contributed by atoms with E-state index in [-0.39, 0.29) is 17.6 Å². The normalized spacial score (nSPS) is 25.0. The van der Waals surface area contributed by atoms with Crippen molar-refractivity contribution >= 4 is 5.95 Å². The fourth-order valence-electron chi connectivity index (χ4n) is 2.26. The van der Waals surface area contributed by atoms with Gasteiger partial charge in [-0.05, 0) is 19.4 Å². The lowest BCUT2D eigenvalue weighted by molar-refractivity contribution is -0.0977. The van der Waals surface area contributed by atoms with Crippen molar-refractivity contribution in [3.05, 3.63) is 18.0 Å². The zero-order valence-electron chi connectivity index (χ0n) is 11.0. The van der Waals surface area contributed by atoms with Gasteiger partial charge in [-0.15, -0.1) is 0 Å². The second-order valence-corrected chi connectivity index (χ2v) is 5.08. The summed E-state index contributed by atoms with van der Waals surface area (Å²) in [6.07, 6.45) is 2.82. The second kappa shape index (κ2) is 4.91. The Kier molecular flexibility index (Phi) is 3.48. The first kappa shape index (κ1) is 12.8. The van der Waals surface area contributed by atoms with Crippen molar-refractivity contribution < 1.29 is 4.74 Å². The van der Waals surface area contributed by atoms with Gasteiger partial charge in [-0.25, -0.2) is 9.97 Å². The highest BCUT2D eigenvalue weighted by molar-refractivity contribution is 5.33.